The zero-order valence-electron chi connectivity index (χ0n) is 11.9. The first-order valence-corrected chi connectivity index (χ1v) is 7.56. The van der Waals surface area contributed by atoms with Gasteiger partial charge in [0.2, 0.25) is 0 Å². The van der Waals surface area contributed by atoms with Gasteiger partial charge in [-0.05, 0) is 31.2 Å². The Balaban J connectivity index is 2.06. The van der Waals surface area contributed by atoms with Crippen molar-refractivity contribution in [3.8, 4) is 0 Å². The van der Waals surface area contributed by atoms with Crippen LogP contribution in [0.4, 0.5) is 0 Å². The zero-order valence-corrected chi connectivity index (χ0v) is 13.5. The number of rotatable bonds is 6. The van der Waals surface area contributed by atoms with Crippen molar-refractivity contribution < 1.29 is 4.74 Å². The summed E-state index contributed by atoms with van der Waals surface area (Å²) in [5.74, 6) is 0. The molecule has 0 radical (unpaired) electrons. The molecule has 0 saturated carbocycles. The third-order valence-corrected chi connectivity index (χ3v) is 4.01. The second-order valence-electron chi connectivity index (χ2n) is 4.86. The Morgan fingerprint density at radius 3 is 2.45 bits per heavy atom. The first-order valence-electron chi connectivity index (χ1n) is 6.77. The minimum atomic E-state index is 0.0627. The van der Waals surface area contributed by atoms with E-state index in [1.165, 1.54) is 16.7 Å². The average Bonchev–Trinajstić information content (AvgIpc) is 2.46. The highest BCUT2D eigenvalue weighted by molar-refractivity contribution is 9.10. The van der Waals surface area contributed by atoms with E-state index < -0.39 is 0 Å². The highest BCUT2D eigenvalue weighted by Crippen LogP contribution is 2.22. The zero-order chi connectivity index (χ0) is 14.4. The lowest BCUT2D eigenvalue weighted by atomic mass is 10.1. The molecule has 2 rings (SSSR count). The summed E-state index contributed by atoms with van der Waals surface area (Å²) in [5.41, 5.74) is 3.64. The normalized spacial score (nSPS) is 12.3. The number of nitrogens with one attached hydrogen (secondary N) is 1. The molecule has 0 fully saturated rings. The quantitative estimate of drug-likeness (QED) is 0.853. The monoisotopic (exact) mass is 333 g/mol. The smallest absolute Gasteiger partial charge is 0.0953 e. The summed E-state index contributed by atoms with van der Waals surface area (Å²) in [6, 6.07) is 16.7. The third kappa shape index (κ3) is 4.17. The molecule has 106 valence electrons. The fourth-order valence-corrected chi connectivity index (χ4v) is 2.44. The summed E-state index contributed by atoms with van der Waals surface area (Å²) in [6.45, 7) is 3.49. The Morgan fingerprint density at radius 1 is 1.10 bits per heavy atom. The fraction of sp³-hybridized carbons (Fsp3) is 0.294. The van der Waals surface area contributed by atoms with Crippen LogP contribution in [0.5, 0.6) is 0 Å². The summed E-state index contributed by atoms with van der Waals surface area (Å²) in [4.78, 5) is 0. The Hall–Kier alpha value is -1.16. The standard InChI is InChI=1S/C17H20BrNO/c1-13-7-9-14(10-8-13)17(11-19-2)20-12-15-5-3-4-6-16(15)18/h3-10,17,19H,11-12H2,1-2H3. The predicted octanol–water partition coefficient (Wildman–Crippen LogP) is 4.23. The molecule has 3 heteroatoms. The van der Waals surface area contributed by atoms with Crippen molar-refractivity contribution in [1.29, 1.82) is 0 Å². The molecule has 0 aromatic heterocycles. The molecule has 0 bridgehead atoms. The second kappa shape index (κ2) is 7.58. The van der Waals surface area contributed by atoms with E-state index in [1.54, 1.807) is 0 Å². The molecular formula is C17H20BrNO. The van der Waals surface area contributed by atoms with Gasteiger partial charge in [-0.2, -0.15) is 0 Å². The van der Waals surface area contributed by atoms with E-state index in [0.29, 0.717) is 6.61 Å². The Kier molecular flexibility index (Phi) is 5.77. The number of likely N-dealkylation sites (N-methyl/N-ethyl adjacent to an activating group) is 1. The Morgan fingerprint density at radius 2 is 1.80 bits per heavy atom. The van der Waals surface area contributed by atoms with Crippen LogP contribution >= 0.6 is 15.9 Å². The van der Waals surface area contributed by atoms with Crippen molar-refractivity contribution in [3.05, 3.63) is 69.7 Å². The van der Waals surface area contributed by atoms with Crippen LogP contribution in [0, 0.1) is 6.92 Å². The first-order chi connectivity index (χ1) is 9.70. The summed E-state index contributed by atoms with van der Waals surface area (Å²) in [7, 11) is 1.95. The molecule has 0 spiro atoms. The average molecular weight is 334 g/mol. The number of ether oxygens (including phenoxy) is 1. The van der Waals surface area contributed by atoms with Crippen molar-refractivity contribution >= 4 is 15.9 Å². The summed E-state index contributed by atoms with van der Waals surface area (Å²) < 4.78 is 7.17. The van der Waals surface area contributed by atoms with Gasteiger partial charge in [0.25, 0.3) is 0 Å². The van der Waals surface area contributed by atoms with E-state index in [-0.39, 0.29) is 6.10 Å². The van der Waals surface area contributed by atoms with Crippen LogP contribution < -0.4 is 5.32 Å². The van der Waals surface area contributed by atoms with Crippen molar-refractivity contribution in [2.24, 2.45) is 0 Å². The maximum atomic E-state index is 6.08. The highest BCUT2D eigenvalue weighted by Gasteiger charge is 2.12. The predicted molar refractivity (Wildman–Crippen MR) is 86.8 cm³/mol. The number of hydrogen-bond acceptors (Lipinski definition) is 2. The molecule has 2 aromatic rings. The van der Waals surface area contributed by atoms with Crippen molar-refractivity contribution in [2.45, 2.75) is 19.6 Å². The molecule has 0 amide bonds. The molecule has 0 aliphatic carbocycles. The van der Waals surface area contributed by atoms with Crippen molar-refractivity contribution in [3.63, 3.8) is 0 Å². The SMILES string of the molecule is CNCC(OCc1ccccc1Br)c1ccc(C)cc1. The summed E-state index contributed by atoms with van der Waals surface area (Å²) in [5, 5.41) is 3.20. The van der Waals surface area contributed by atoms with Crippen LogP contribution in [0.1, 0.15) is 22.8 Å². The second-order valence-corrected chi connectivity index (χ2v) is 5.71. The van der Waals surface area contributed by atoms with Gasteiger partial charge < -0.3 is 10.1 Å². The number of halogens is 1. The van der Waals surface area contributed by atoms with Crippen LogP contribution in [0.3, 0.4) is 0 Å². The van der Waals surface area contributed by atoms with Gasteiger partial charge in [-0.1, -0.05) is 64.0 Å². The Bertz CT molecular complexity index is 539. The van der Waals surface area contributed by atoms with Crippen LogP contribution in [-0.4, -0.2) is 13.6 Å². The van der Waals surface area contributed by atoms with Gasteiger partial charge in [0.15, 0.2) is 0 Å². The molecule has 0 saturated heterocycles. The topological polar surface area (TPSA) is 21.3 Å². The van der Waals surface area contributed by atoms with Gasteiger partial charge in [-0.15, -0.1) is 0 Å². The molecule has 1 N–H and O–H groups in total. The molecule has 1 atom stereocenters. The summed E-state index contributed by atoms with van der Waals surface area (Å²) >= 11 is 3.56. The van der Waals surface area contributed by atoms with Gasteiger partial charge in [-0.3, -0.25) is 0 Å². The minimum absolute atomic E-state index is 0.0627. The number of aryl methyl sites for hydroxylation is 1. The molecule has 2 nitrogen and oxygen atoms in total. The molecule has 0 aliphatic heterocycles. The van der Waals surface area contributed by atoms with Gasteiger partial charge in [-0.25, -0.2) is 0 Å². The maximum Gasteiger partial charge on any atom is 0.0953 e. The summed E-state index contributed by atoms with van der Waals surface area (Å²) in [6.07, 6.45) is 0.0627. The lowest BCUT2D eigenvalue weighted by molar-refractivity contribution is 0.0407. The van der Waals surface area contributed by atoms with Crippen LogP contribution in [0.25, 0.3) is 0 Å². The molecule has 2 aromatic carbocycles. The fourth-order valence-electron chi connectivity index (χ4n) is 2.05. The molecule has 20 heavy (non-hydrogen) atoms. The lowest BCUT2D eigenvalue weighted by Crippen LogP contribution is -2.19. The largest absolute Gasteiger partial charge is 0.367 e. The highest BCUT2D eigenvalue weighted by atomic mass is 79.9. The Labute approximate surface area is 129 Å². The van der Waals surface area contributed by atoms with E-state index in [2.05, 4.69) is 58.5 Å². The van der Waals surface area contributed by atoms with E-state index in [1.807, 2.05) is 25.2 Å². The lowest BCUT2D eigenvalue weighted by Gasteiger charge is -2.19. The van der Waals surface area contributed by atoms with E-state index >= 15 is 0 Å². The van der Waals surface area contributed by atoms with Crippen LogP contribution in [0.2, 0.25) is 0 Å². The minimum Gasteiger partial charge on any atom is -0.367 e. The molecular weight excluding hydrogens is 314 g/mol. The van der Waals surface area contributed by atoms with Crippen LogP contribution in [-0.2, 0) is 11.3 Å². The maximum absolute atomic E-state index is 6.08. The van der Waals surface area contributed by atoms with E-state index in [9.17, 15) is 0 Å². The molecule has 0 aliphatic rings. The van der Waals surface area contributed by atoms with Gasteiger partial charge in [0, 0.05) is 11.0 Å². The number of hydrogen-bond donors (Lipinski definition) is 1. The first kappa shape index (κ1) is 15.2. The number of benzene rings is 2. The van der Waals surface area contributed by atoms with Crippen LogP contribution in [0.15, 0.2) is 53.0 Å². The molecule has 1 unspecified atom stereocenters. The third-order valence-electron chi connectivity index (χ3n) is 3.24. The van der Waals surface area contributed by atoms with Crippen molar-refractivity contribution in [2.75, 3.05) is 13.6 Å². The van der Waals surface area contributed by atoms with Gasteiger partial charge >= 0.3 is 0 Å². The van der Waals surface area contributed by atoms with Gasteiger partial charge in [0.1, 0.15) is 0 Å². The molecule has 0 heterocycles. The van der Waals surface area contributed by atoms with E-state index in [0.717, 1.165) is 11.0 Å². The van der Waals surface area contributed by atoms with Crippen molar-refractivity contribution in [1.82, 2.24) is 5.32 Å². The van der Waals surface area contributed by atoms with E-state index in [4.69, 9.17) is 4.74 Å². The van der Waals surface area contributed by atoms with Gasteiger partial charge in [0.05, 0.1) is 12.7 Å².